The van der Waals surface area contributed by atoms with Crippen molar-refractivity contribution in [2.75, 3.05) is 13.1 Å². The molecule has 8 heteroatoms. The minimum absolute atomic E-state index is 0.127. The van der Waals surface area contributed by atoms with Crippen LogP contribution in [0.3, 0.4) is 0 Å². The molecule has 0 spiro atoms. The Morgan fingerprint density at radius 2 is 1.43 bits per heavy atom. The third kappa shape index (κ3) is 9.61. The molecule has 0 aliphatic carbocycles. The molecule has 0 unspecified atom stereocenters. The number of nitrogens with zero attached hydrogens (tertiary/aromatic N) is 1. The van der Waals surface area contributed by atoms with E-state index in [9.17, 15) is 18.0 Å². The fourth-order valence-corrected chi connectivity index (χ4v) is 5.58. The van der Waals surface area contributed by atoms with E-state index in [0.717, 1.165) is 36.0 Å². The predicted molar refractivity (Wildman–Crippen MR) is 159 cm³/mol. The molecule has 0 saturated carbocycles. The van der Waals surface area contributed by atoms with Crippen LogP contribution in [0.4, 0.5) is 0 Å². The predicted octanol–water partition coefficient (Wildman–Crippen LogP) is 4.86. The molecule has 40 heavy (non-hydrogen) atoms. The number of rotatable bonds is 16. The number of hydrogen-bond acceptors (Lipinski definition) is 4. The molecule has 2 amide bonds. The molecule has 0 aliphatic rings. The number of amides is 2. The molecule has 0 radical (unpaired) electrons. The van der Waals surface area contributed by atoms with Crippen molar-refractivity contribution in [3.8, 4) is 0 Å². The highest BCUT2D eigenvalue weighted by molar-refractivity contribution is 7.89. The van der Waals surface area contributed by atoms with E-state index in [1.807, 2.05) is 60.7 Å². The fraction of sp³-hybridized carbons (Fsp3) is 0.375. The quantitative estimate of drug-likeness (QED) is 0.243. The first-order valence-corrected chi connectivity index (χ1v) is 15.6. The van der Waals surface area contributed by atoms with Gasteiger partial charge in [0.25, 0.3) is 0 Å². The summed E-state index contributed by atoms with van der Waals surface area (Å²) in [4.78, 5) is 29.2. The minimum atomic E-state index is -3.54. The average molecular weight is 564 g/mol. The molecule has 0 bridgehead atoms. The molecule has 0 aliphatic heterocycles. The van der Waals surface area contributed by atoms with Crippen molar-refractivity contribution >= 4 is 21.8 Å². The molecular weight excluding hydrogens is 522 g/mol. The topological polar surface area (TPSA) is 95.6 Å². The summed E-state index contributed by atoms with van der Waals surface area (Å²) in [5, 5.41) is 3.07. The Kier molecular flexibility index (Phi) is 12.4. The summed E-state index contributed by atoms with van der Waals surface area (Å²) in [5.74, 6) is -0.278. The maximum Gasteiger partial charge on any atom is 0.243 e. The van der Waals surface area contributed by atoms with Gasteiger partial charge in [0.15, 0.2) is 0 Å². The Bertz CT molecular complexity index is 1300. The van der Waals surface area contributed by atoms with Gasteiger partial charge in [-0.1, -0.05) is 99.5 Å². The van der Waals surface area contributed by atoms with Crippen LogP contribution in [0, 0.1) is 0 Å². The third-order valence-electron chi connectivity index (χ3n) is 6.74. The Morgan fingerprint density at radius 3 is 2.02 bits per heavy atom. The number of benzene rings is 3. The number of nitrogens with one attached hydrogen (secondary N) is 2. The van der Waals surface area contributed by atoms with Crippen LogP contribution in [0.15, 0.2) is 89.8 Å². The maximum absolute atomic E-state index is 13.8. The molecule has 0 fully saturated rings. The van der Waals surface area contributed by atoms with Crippen LogP contribution in [0.2, 0.25) is 0 Å². The molecule has 7 nitrogen and oxygen atoms in total. The molecule has 3 aromatic rings. The average Bonchev–Trinajstić information content (AvgIpc) is 2.97. The Hall–Kier alpha value is -3.49. The van der Waals surface area contributed by atoms with Crippen molar-refractivity contribution in [3.05, 3.63) is 102 Å². The molecular formula is C32H41N3O4S. The SMILES string of the molecule is CCCCCNC(=O)[C@@H](Cc1ccccc1)N(Cc1ccccc1)C(=O)CCc1ccc(S(=O)(=O)NCC)cc1. The zero-order valence-corrected chi connectivity index (χ0v) is 24.3. The van der Waals surface area contributed by atoms with E-state index in [1.54, 1.807) is 36.1 Å². The van der Waals surface area contributed by atoms with Gasteiger partial charge in [0.1, 0.15) is 6.04 Å². The second-order valence-corrected chi connectivity index (χ2v) is 11.6. The van der Waals surface area contributed by atoms with Crippen LogP contribution in [0.1, 0.15) is 56.2 Å². The van der Waals surface area contributed by atoms with Gasteiger partial charge in [-0.05, 0) is 41.7 Å². The third-order valence-corrected chi connectivity index (χ3v) is 8.30. The van der Waals surface area contributed by atoms with E-state index < -0.39 is 16.1 Å². The van der Waals surface area contributed by atoms with Gasteiger partial charge in [-0.15, -0.1) is 0 Å². The zero-order valence-electron chi connectivity index (χ0n) is 23.5. The second-order valence-electron chi connectivity index (χ2n) is 9.86. The first-order valence-electron chi connectivity index (χ1n) is 14.1. The van der Waals surface area contributed by atoms with E-state index in [1.165, 1.54) is 0 Å². The summed E-state index contributed by atoms with van der Waals surface area (Å²) in [6.45, 7) is 5.06. The maximum atomic E-state index is 13.8. The number of carbonyl (C=O) groups is 2. The Morgan fingerprint density at radius 1 is 0.800 bits per heavy atom. The van der Waals surface area contributed by atoms with Crippen molar-refractivity contribution in [2.24, 2.45) is 0 Å². The standard InChI is InChI=1S/C32H41N3O4S/c1-3-5-12-23-33-32(37)30(24-27-13-8-6-9-14-27)35(25-28-15-10-7-11-16-28)31(36)22-19-26-17-20-29(21-18-26)40(38,39)34-4-2/h6-11,13-18,20-21,30,34H,3-5,12,19,22-25H2,1-2H3,(H,33,37)/t30-/m1/s1. The first-order chi connectivity index (χ1) is 19.3. The molecule has 0 saturated heterocycles. The van der Waals surface area contributed by atoms with Gasteiger partial charge in [-0.3, -0.25) is 9.59 Å². The molecule has 0 aromatic heterocycles. The molecule has 1 atom stereocenters. The van der Waals surface area contributed by atoms with Crippen LogP contribution in [-0.2, 0) is 39.0 Å². The molecule has 214 valence electrons. The van der Waals surface area contributed by atoms with Crippen molar-refractivity contribution in [3.63, 3.8) is 0 Å². The number of aryl methyl sites for hydroxylation is 1. The summed E-state index contributed by atoms with van der Waals surface area (Å²) >= 11 is 0. The van der Waals surface area contributed by atoms with Gasteiger partial charge >= 0.3 is 0 Å². The van der Waals surface area contributed by atoms with E-state index in [4.69, 9.17) is 0 Å². The van der Waals surface area contributed by atoms with E-state index in [0.29, 0.717) is 32.5 Å². The summed E-state index contributed by atoms with van der Waals surface area (Å²) < 4.78 is 27.0. The van der Waals surface area contributed by atoms with Gasteiger partial charge < -0.3 is 10.2 Å². The van der Waals surface area contributed by atoms with Crippen molar-refractivity contribution < 1.29 is 18.0 Å². The van der Waals surface area contributed by atoms with Gasteiger partial charge in [-0.2, -0.15) is 0 Å². The lowest BCUT2D eigenvalue weighted by Gasteiger charge is -2.31. The first kappa shape index (κ1) is 31.0. The smallest absolute Gasteiger partial charge is 0.243 e. The van der Waals surface area contributed by atoms with E-state index in [-0.39, 0.29) is 23.1 Å². The van der Waals surface area contributed by atoms with E-state index in [2.05, 4.69) is 17.0 Å². The molecule has 0 heterocycles. The lowest BCUT2D eigenvalue weighted by molar-refractivity contribution is -0.141. The van der Waals surface area contributed by atoms with Crippen LogP contribution in [0.5, 0.6) is 0 Å². The summed E-state index contributed by atoms with van der Waals surface area (Å²) in [6.07, 6.45) is 4.03. The largest absolute Gasteiger partial charge is 0.354 e. The number of sulfonamides is 1. The van der Waals surface area contributed by atoms with E-state index >= 15 is 0 Å². The van der Waals surface area contributed by atoms with Gasteiger partial charge in [-0.25, -0.2) is 13.1 Å². The number of carbonyl (C=O) groups excluding carboxylic acids is 2. The van der Waals surface area contributed by atoms with Crippen molar-refractivity contribution in [2.45, 2.75) is 69.9 Å². The minimum Gasteiger partial charge on any atom is -0.354 e. The molecule has 3 rings (SSSR count). The fourth-order valence-electron chi connectivity index (χ4n) is 4.54. The van der Waals surface area contributed by atoms with Gasteiger partial charge in [0, 0.05) is 32.5 Å². The summed E-state index contributed by atoms with van der Waals surface area (Å²) in [7, 11) is -3.54. The van der Waals surface area contributed by atoms with Crippen molar-refractivity contribution in [1.82, 2.24) is 14.9 Å². The molecule has 2 N–H and O–H groups in total. The Balaban J connectivity index is 1.82. The van der Waals surface area contributed by atoms with Crippen molar-refractivity contribution in [1.29, 1.82) is 0 Å². The highest BCUT2D eigenvalue weighted by atomic mass is 32.2. The normalized spacial score (nSPS) is 12.1. The molecule has 3 aromatic carbocycles. The second kappa shape index (κ2) is 15.9. The van der Waals surface area contributed by atoms with Crippen LogP contribution >= 0.6 is 0 Å². The van der Waals surface area contributed by atoms with Crippen LogP contribution < -0.4 is 10.0 Å². The van der Waals surface area contributed by atoms with Crippen LogP contribution in [0.25, 0.3) is 0 Å². The summed E-state index contributed by atoms with van der Waals surface area (Å²) in [5.41, 5.74) is 2.79. The van der Waals surface area contributed by atoms with Gasteiger partial charge in [0.2, 0.25) is 21.8 Å². The lowest BCUT2D eigenvalue weighted by Crippen LogP contribution is -2.50. The lowest BCUT2D eigenvalue weighted by atomic mass is 10.0. The Labute approximate surface area is 239 Å². The highest BCUT2D eigenvalue weighted by Gasteiger charge is 2.30. The monoisotopic (exact) mass is 563 g/mol. The van der Waals surface area contributed by atoms with Gasteiger partial charge in [0.05, 0.1) is 4.90 Å². The summed E-state index contributed by atoms with van der Waals surface area (Å²) in [6, 6.07) is 25.4. The number of unbranched alkanes of at least 4 members (excludes halogenated alkanes) is 2. The van der Waals surface area contributed by atoms with Crippen LogP contribution in [-0.4, -0.2) is 44.3 Å². The zero-order chi connectivity index (χ0) is 28.8. The highest BCUT2D eigenvalue weighted by Crippen LogP contribution is 2.18. The number of hydrogen-bond donors (Lipinski definition) is 2.